The number of ether oxygens (including phenoxy) is 1. The van der Waals surface area contributed by atoms with E-state index in [9.17, 15) is 4.79 Å². The highest BCUT2D eigenvalue weighted by atomic mass is 16.6. The number of unbranched alkanes of at least 4 members (excludes halogenated alkanes) is 4. The predicted octanol–water partition coefficient (Wildman–Crippen LogP) is 5.64. The van der Waals surface area contributed by atoms with E-state index >= 15 is 0 Å². The highest BCUT2D eigenvalue weighted by Crippen LogP contribution is 2.28. The summed E-state index contributed by atoms with van der Waals surface area (Å²) in [6, 6.07) is 0. The molecular formula is C18H34O2. The molecule has 118 valence electrons. The van der Waals surface area contributed by atoms with Gasteiger partial charge in [0.1, 0.15) is 5.60 Å². The van der Waals surface area contributed by atoms with Gasteiger partial charge in [-0.2, -0.15) is 0 Å². The van der Waals surface area contributed by atoms with E-state index in [1.54, 1.807) is 0 Å². The lowest BCUT2D eigenvalue weighted by Crippen LogP contribution is -2.29. The standard InChI is InChI=1S/C18H34O2/c1-4-5-6-7-11-14-18(2,3)20-17(19)15-16-12-9-8-10-13-16/h16H,4-15H2,1-3H3. The van der Waals surface area contributed by atoms with E-state index in [1.807, 2.05) is 0 Å². The van der Waals surface area contributed by atoms with Gasteiger partial charge in [0.15, 0.2) is 0 Å². The van der Waals surface area contributed by atoms with Crippen molar-refractivity contribution in [3.63, 3.8) is 0 Å². The number of carbonyl (C=O) groups excluding carboxylic acids is 1. The number of carbonyl (C=O) groups is 1. The zero-order valence-corrected chi connectivity index (χ0v) is 13.9. The van der Waals surface area contributed by atoms with Gasteiger partial charge < -0.3 is 4.74 Å². The Hall–Kier alpha value is -0.530. The van der Waals surface area contributed by atoms with Crippen molar-refractivity contribution in [1.29, 1.82) is 0 Å². The minimum absolute atomic E-state index is 0.0236. The molecule has 1 aliphatic rings. The summed E-state index contributed by atoms with van der Waals surface area (Å²) in [5, 5.41) is 0. The first-order valence-corrected chi connectivity index (χ1v) is 8.75. The first-order chi connectivity index (χ1) is 9.53. The quantitative estimate of drug-likeness (QED) is 0.404. The molecule has 2 nitrogen and oxygen atoms in total. The molecule has 1 rings (SSSR count). The van der Waals surface area contributed by atoms with E-state index in [0.29, 0.717) is 12.3 Å². The van der Waals surface area contributed by atoms with Crippen molar-refractivity contribution in [3.8, 4) is 0 Å². The van der Waals surface area contributed by atoms with Crippen molar-refractivity contribution in [2.24, 2.45) is 5.92 Å². The highest BCUT2D eigenvalue weighted by Gasteiger charge is 2.25. The Morgan fingerprint density at radius 1 is 1.05 bits per heavy atom. The van der Waals surface area contributed by atoms with Gasteiger partial charge >= 0.3 is 5.97 Å². The molecule has 20 heavy (non-hydrogen) atoms. The third-order valence-electron chi connectivity index (χ3n) is 4.45. The second-order valence-corrected chi connectivity index (χ2v) is 7.11. The Bertz CT molecular complexity index is 265. The molecule has 0 aromatic heterocycles. The number of esters is 1. The van der Waals surface area contributed by atoms with Crippen LogP contribution in [0.25, 0.3) is 0 Å². The molecule has 2 heteroatoms. The molecule has 0 bridgehead atoms. The largest absolute Gasteiger partial charge is 0.460 e. The van der Waals surface area contributed by atoms with E-state index in [-0.39, 0.29) is 11.6 Å². The third kappa shape index (κ3) is 7.91. The van der Waals surface area contributed by atoms with E-state index in [0.717, 1.165) is 6.42 Å². The fourth-order valence-corrected chi connectivity index (χ4v) is 3.18. The topological polar surface area (TPSA) is 26.3 Å². The monoisotopic (exact) mass is 282 g/mol. The van der Waals surface area contributed by atoms with Crippen LogP contribution >= 0.6 is 0 Å². The van der Waals surface area contributed by atoms with Crippen LogP contribution in [0.4, 0.5) is 0 Å². The summed E-state index contributed by atoms with van der Waals surface area (Å²) >= 11 is 0. The van der Waals surface area contributed by atoms with Crippen LogP contribution in [0, 0.1) is 5.92 Å². The smallest absolute Gasteiger partial charge is 0.306 e. The lowest BCUT2D eigenvalue weighted by Gasteiger charge is -2.27. The second-order valence-electron chi connectivity index (χ2n) is 7.11. The molecule has 0 aromatic rings. The van der Waals surface area contributed by atoms with E-state index in [4.69, 9.17) is 4.74 Å². The average Bonchev–Trinajstić information content (AvgIpc) is 2.38. The maximum absolute atomic E-state index is 12.0. The SMILES string of the molecule is CCCCCCCC(C)(C)OC(=O)CC1CCCCC1. The molecule has 0 heterocycles. The Morgan fingerprint density at radius 3 is 2.35 bits per heavy atom. The van der Waals surface area contributed by atoms with Gasteiger partial charge in [0, 0.05) is 6.42 Å². The molecule has 0 aliphatic heterocycles. The number of hydrogen-bond donors (Lipinski definition) is 0. The summed E-state index contributed by atoms with van der Waals surface area (Å²) in [4.78, 5) is 12.0. The molecule has 0 radical (unpaired) electrons. The predicted molar refractivity (Wildman–Crippen MR) is 84.7 cm³/mol. The molecular weight excluding hydrogens is 248 g/mol. The van der Waals surface area contributed by atoms with Gasteiger partial charge in [0.05, 0.1) is 0 Å². The maximum Gasteiger partial charge on any atom is 0.306 e. The zero-order valence-electron chi connectivity index (χ0n) is 13.9. The van der Waals surface area contributed by atoms with Crippen molar-refractivity contribution >= 4 is 5.97 Å². The first kappa shape index (κ1) is 17.5. The van der Waals surface area contributed by atoms with Gasteiger partial charge in [-0.1, -0.05) is 51.9 Å². The summed E-state index contributed by atoms with van der Waals surface area (Å²) in [5.41, 5.74) is -0.280. The Kier molecular flexibility index (Phi) is 8.25. The molecule has 0 spiro atoms. The minimum Gasteiger partial charge on any atom is -0.460 e. The summed E-state index contributed by atoms with van der Waals surface area (Å²) in [5.74, 6) is 0.604. The van der Waals surface area contributed by atoms with E-state index < -0.39 is 0 Å². The summed E-state index contributed by atoms with van der Waals surface area (Å²) in [6.07, 6.45) is 14.3. The number of rotatable bonds is 9. The molecule has 0 N–H and O–H groups in total. The minimum atomic E-state index is -0.280. The van der Waals surface area contributed by atoms with Gasteiger partial charge in [-0.15, -0.1) is 0 Å². The lowest BCUT2D eigenvalue weighted by atomic mass is 9.87. The molecule has 1 aliphatic carbocycles. The molecule has 1 fully saturated rings. The van der Waals surface area contributed by atoms with Gasteiger partial charge in [-0.05, 0) is 45.4 Å². The van der Waals surface area contributed by atoms with Crippen molar-refractivity contribution in [2.45, 2.75) is 103 Å². The lowest BCUT2D eigenvalue weighted by molar-refractivity contribution is -0.158. The fourth-order valence-electron chi connectivity index (χ4n) is 3.18. The van der Waals surface area contributed by atoms with Gasteiger partial charge in [0.25, 0.3) is 0 Å². The fraction of sp³-hybridized carbons (Fsp3) is 0.944. The van der Waals surface area contributed by atoms with Gasteiger partial charge in [-0.25, -0.2) is 0 Å². The van der Waals surface area contributed by atoms with Crippen LogP contribution in [-0.4, -0.2) is 11.6 Å². The number of hydrogen-bond acceptors (Lipinski definition) is 2. The maximum atomic E-state index is 12.0. The van der Waals surface area contributed by atoms with Crippen molar-refractivity contribution in [1.82, 2.24) is 0 Å². The van der Waals surface area contributed by atoms with Crippen LogP contribution in [0.1, 0.15) is 97.8 Å². The van der Waals surface area contributed by atoms with Crippen molar-refractivity contribution < 1.29 is 9.53 Å². The average molecular weight is 282 g/mol. The summed E-state index contributed by atoms with van der Waals surface area (Å²) in [6.45, 7) is 6.36. The van der Waals surface area contributed by atoms with Crippen LogP contribution in [0.2, 0.25) is 0 Å². The molecule has 1 saturated carbocycles. The Balaban J connectivity index is 2.17. The van der Waals surface area contributed by atoms with Gasteiger partial charge in [0.2, 0.25) is 0 Å². The van der Waals surface area contributed by atoms with E-state index in [1.165, 1.54) is 64.2 Å². The van der Waals surface area contributed by atoms with Crippen LogP contribution in [0.5, 0.6) is 0 Å². The second kappa shape index (κ2) is 9.41. The molecule has 0 aromatic carbocycles. The third-order valence-corrected chi connectivity index (χ3v) is 4.45. The Labute approximate surface area is 125 Å². The Morgan fingerprint density at radius 2 is 1.70 bits per heavy atom. The summed E-state index contributed by atoms with van der Waals surface area (Å²) in [7, 11) is 0. The van der Waals surface area contributed by atoms with Gasteiger partial charge in [-0.3, -0.25) is 4.79 Å². The highest BCUT2D eigenvalue weighted by molar-refractivity contribution is 5.70. The molecule has 0 atom stereocenters. The molecule has 0 amide bonds. The van der Waals surface area contributed by atoms with Crippen LogP contribution in [-0.2, 0) is 9.53 Å². The summed E-state index contributed by atoms with van der Waals surface area (Å²) < 4.78 is 5.71. The van der Waals surface area contributed by atoms with E-state index in [2.05, 4.69) is 20.8 Å². The molecule has 0 unspecified atom stereocenters. The molecule has 0 saturated heterocycles. The van der Waals surface area contributed by atoms with Crippen LogP contribution < -0.4 is 0 Å². The van der Waals surface area contributed by atoms with Crippen molar-refractivity contribution in [3.05, 3.63) is 0 Å². The van der Waals surface area contributed by atoms with Crippen LogP contribution in [0.3, 0.4) is 0 Å². The normalized spacial score (nSPS) is 17.1. The zero-order chi connectivity index (χ0) is 14.8. The first-order valence-electron chi connectivity index (χ1n) is 8.75. The van der Waals surface area contributed by atoms with Crippen LogP contribution in [0.15, 0.2) is 0 Å². The van der Waals surface area contributed by atoms with Crippen molar-refractivity contribution in [2.75, 3.05) is 0 Å².